The predicted molar refractivity (Wildman–Crippen MR) is 108 cm³/mol. The van der Waals surface area contributed by atoms with E-state index in [9.17, 15) is 9.59 Å². The van der Waals surface area contributed by atoms with Crippen molar-refractivity contribution in [1.29, 1.82) is 0 Å². The van der Waals surface area contributed by atoms with Gasteiger partial charge in [-0.1, -0.05) is 12.1 Å². The Morgan fingerprint density at radius 1 is 1.19 bits per heavy atom. The summed E-state index contributed by atoms with van der Waals surface area (Å²) in [6.45, 7) is 6.03. The highest BCUT2D eigenvalue weighted by Gasteiger charge is 2.20. The molecular weight excluding hydrogens is 360 g/mol. The Bertz CT molecular complexity index is 821. The molecule has 2 amide bonds. The van der Waals surface area contributed by atoms with Gasteiger partial charge in [-0.3, -0.25) is 14.5 Å². The Labute approximate surface area is 163 Å². The molecule has 0 saturated carbocycles. The fraction of sp³-hybridized carbons (Fsp3) is 0.350. The fourth-order valence-electron chi connectivity index (χ4n) is 3.00. The van der Waals surface area contributed by atoms with E-state index in [4.69, 9.17) is 0 Å². The van der Waals surface area contributed by atoms with Gasteiger partial charge in [-0.25, -0.2) is 4.98 Å². The summed E-state index contributed by atoms with van der Waals surface area (Å²) in [4.78, 5) is 32.7. The standard InChI is InChI=1S/C20H24N4O2S/c1-15-22-18(14-27-15)13-23-9-11-24(12-10-23)19(25)8-5-16-3-6-17(7-4-16)20(26)21-2/h3-8,14H,9-13H2,1-2H3,(H,21,26)/b8-5+. The SMILES string of the molecule is CNC(=O)c1ccc(/C=C/C(=O)N2CCN(Cc3csc(C)n3)CC2)cc1. The molecule has 1 saturated heterocycles. The normalized spacial score (nSPS) is 15.3. The van der Waals surface area contributed by atoms with Crippen LogP contribution in [0.15, 0.2) is 35.7 Å². The van der Waals surface area contributed by atoms with Crippen molar-refractivity contribution in [2.45, 2.75) is 13.5 Å². The van der Waals surface area contributed by atoms with Crippen molar-refractivity contribution in [2.75, 3.05) is 33.2 Å². The van der Waals surface area contributed by atoms with Crippen LogP contribution in [0.4, 0.5) is 0 Å². The molecule has 1 aromatic heterocycles. The number of benzene rings is 1. The van der Waals surface area contributed by atoms with Crippen molar-refractivity contribution >= 4 is 29.2 Å². The Hall–Kier alpha value is -2.51. The van der Waals surface area contributed by atoms with Crippen LogP contribution in [0, 0.1) is 6.92 Å². The molecule has 0 aliphatic carbocycles. The van der Waals surface area contributed by atoms with Crippen LogP contribution in [0.5, 0.6) is 0 Å². The summed E-state index contributed by atoms with van der Waals surface area (Å²) < 4.78 is 0. The molecule has 3 rings (SSSR count). The highest BCUT2D eigenvalue weighted by molar-refractivity contribution is 7.09. The first-order valence-corrected chi connectivity index (χ1v) is 9.85. The lowest BCUT2D eigenvalue weighted by Crippen LogP contribution is -2.47. The van der Waals surface area contributed by atoms with E-state index in [0.717, 1.165) is 49.0 Å². The molecule has 7 heteroatoms. The number of aromatic nitrogens is 1. The third kappa shape index (κ3) is 5.24. The second-order valence-corrected chi connectivity index (χ2v) is 7.56. The third-order valence-electron chi connectivity index (χ3n) is 4.55. The highest BCUT2D eigenvalue weighted by atomic mass is 32.1. The van der Waals surface area contributed by atoms with Gasteiger partial charge in [0.1, 0.15) is 0 Å². The lowest BCUT2D eigenvalue weighted by atomic mass is 10.1. The summed E-state index contributed by atoms with van der Waals surface area (Å²) in [5.41, 5.74) is 2.61. The van der Waals surface area contributed by atoms with E-state index < -0.39 is 0 Å². The Morgan fingerprint density at radius 2 is 1.89 bits per heavy atom. The second-order valence-electron chi connectivity index (χ2n) is 6.49. The molecule has 0 atom stereocenters. The van der Waals surface area contributed by atoms with Crippen LogP contribution in [-0.2, 0) is 11.3 Å². The number of thiazole rings is 1. The first kappa shape index (κ1) is 19.3. The predicted octanol–water partition coefficient (Wildman–Crippen LogP) is 2.17. The van der Waals surface area contributed by atoms with Crippen molar-refractivity contribution in [1.82, 2.24) is 20.1 Å². The number of aryl methyl sites for hydroxylation is 1. The molecular formula is C20H24N4O2S. The van der Waals surface area contributed by atoms with Gasteiger partial charge in [0.05, 0.1) is 10.7 Å². The maximum absolute atomic E-state index is 12.4. The summed E-state index contributed by atoms with van der Waals surface area (Å²) in [6.07, 6.45) is 3.40. The molecule has 6 nitrogen and oxygen atoms in total. The van der Waals surface area contributed by atoms with Crippen LogP contribution in [0.25, 0.3) is 6.08 Å². The van der Waals surface area contributed by atoms with E-state index in [1.807, 2.05) is 24.0 Å². The minimum Gasteiger partial charge on any atom is -0.355 e. The van der Waals surface area contributed by atoms with Crippen molar-refractivity contribution in [3.05, 3.63) is 57.6 Å². The third-order valence-corrected chi connectivity index (χ3v) is 5.38. The van der Waals surface area contributed by atoms with Crippen molar-refractivity contribution in [2.24, 2.45) is 0 Å². The Kier molecular flexibility index (Phi) is 6.36. The zero-order chi connectivity index (χ0) is 19.2. The zero-order valence-corrected chi connectivity index (χ0v) is 16.5. The molecule has 27 heavy (non-hydrogen) atoms. The summed E-state index contributed by atoms with van der Waals surface area (Å²) in [6, 6.07) is 7.17. The lowest BCUT2D eigenvalue weighted by Gasteiger charge is -2.33. The van der Waals surface area contributed by atoms with E-state index in [2.05, 4.69) is 20.6 Å². The molecule has 1 aliphatic heterocycles. The maximum atomic E-state index is 12.4. The number of nitrogens with zero attached hydrogens (tertiary/aromatic N) is 3. The van der Waals surface area contributed by atoms with E-state index >= 15 is 0 Å². The molecule has 1 fully saturated rings. The molecule has 2 heterocycles. The molecule has 1 N–H and O–H groups in total. The van der Waals surface area contributed by atoms with Crippen molar-refractivity contribution in [3.63, 3.8) is 0 Å². The average Bonchev–Trinajstić information content (AvgIpc) is 3.11. The van der Waals surface area contributed by atoms with E-state index in [1.54, 1.807) is 42.7 Å². The van der Waals surface area contributed by atoms with Crippen LogP contribution in [-0.4, -0.2) is 59.8 Å². The van der Waals surface area contributed by atoms with Gasteiger partial charge < -0.3 is 10.2 Å². The van der Waals surface area contributed by atoms with Crippen molar-refractivity contribution in [3.8, 4) is 0 Å². The number of hydrogen-bond acceptors (Lipinski definition) is 5. The number of piperazine rings is 1. The van der Waals surface area contributed by atoms with Crippen LogP contribution < -0.4 is 5.32 Å². The van der Waals surface area contributed by atoms with Crippen LogP contribution >= 0.6 is 11.3 Å². The second kappa shape index (κ2) is 8.92. The number of hydrogen-bond donors (Lipinski definition) is 1. The largest absolute Gasteiger partial charge is 0.355 e. The van der Waals surface area contributed by atoms with Gasteiger partial charge >= 0.3 is 0 Å². The Balaban J connectivity index is 1.49. The zero-order valence-electron chi connectivity index (χ0n) is 15.6. The van der Waals surface area contributed by atoms with Crippen LogP contribution in [0.1, 0.15) is 26.6 Å². The molecule has 0 spiro atoms. The topological polar surface area (TPSA) is 65.5 Å². The molecule has 0 bridgehead atoms. The number of amides is 2. The molecule has 1 aliphatic rings. The van der Waals surface area contributed by atoms with E-state index in [1.165, 1.54) is 0 Å². The van der Waals surface area contributed by atoms with Crippen LogP contribution in [0.3, 0.4) is 0 Å². The quantitative estimate of drug-likeness (QED) is 0.803. The highest BCUT2D eigenvalue weighted by Crippen LogP contribution is 2.13. The molecule has 1 aromatic carbocycles. The smallest absolute Gasteiger partial charge is 0.251 e. The van der Waals surface area contributed by atoms with E-state index in [-0.39, 0.29) is 11.8 Å². The maximum Gasteiger partial charge on any atom is 0.251 e. The number of nitrogens with one attached hydrogen (secondary N) is 1. The first-order chi connectivity index (χ1) is 13.0. The summed E-state index contributed by atoms with van der Waals surface area (Å²) in [5.74, 6) is -0.0955. The van der Waals surface area contributed by atoms with Gasteiger partial charge in [-0.05, 0) is 30.7 Å². The summed E-state index contributed by atoms with van der Waals surface area (Å²) >= 11 is 1.67. The fourth-order valence-corrected chi connectivity index (χ4v) is 3.60. The van der Waals surface area contributed by atoms with Crippen molar-refractivity contribution < 1.29 is 9.59 Å². The Morgan fingerprint density at radius 3 is 2.48 bits per heavy atom. The minimum absolute atomic E-state index is 0.0227. The molecule has 142 valence electrons. The number of carbonyl (C=O) groups is 2. The first-order valence-electron chi connectivity index (χ1n) is 8.97. The molecule has 2 aromatic rings. The van der Waals surface area contributed by atoms with E-state index in [0.29, 0.717) is 5.56 Å². The number of rotatable bonds is 5. The molecule has 0 radical (unpaired) electrons. The monoisotopic (exact) mass is 384 g/mol. The number of carbonyl (C=O) groups excluding carboxylic acids is 2. The van der Waals surface area contributed by atoms with Gasteiger partial charge in [0.25, 0.3) is 5.91 Å². The molecule has 0 unspecified atom stereocenters. The lowest BCUT2D eigenvalue weighted by molar-refractivity contribution is -0.127. The average molecular weight is 385 g/mol. The van der Waals surface area contributed by atoms with Gasteiger partial charge in [0, 0.05) is 56.8 Å². The van der Waals surface area contributed by atoms with Gasteiger partial charge in [0.2, 0.25) is 5.91 Å². The van der Waals surface area contributed by atoms with Crippen LogP contribution in [0.2, 0.25) is 0 Å². The summed E-state index contributed by atoms with van der Waals surface area (Å²) in [5, 5.41) is 5.78. The minimum atomic E-state index is -0.118. The summed E-state index contributed by atoms with van der Waals surface area (Å²) in [7, 11) is 1.60. The van der Waals surface area contributed by atoms with Gasteiger partial charge in [-0.15, -0.1) is 11.3 Å². The van der Waals surface area contributed by atoms with Gasteiger partial charge in [0.15, 0.2) is 0 Å². The van der Waals surface area contributed by atoms with Gasteiger partial charge in [-0.2, -0.15) is 0 Å².